The molecule has 92 valence electrons. The summed E-state index contributed by atoms with van der Waals surface area (Å²) in [7, 11) is -3.60. The van der Waals surface area contributed by atoms with Crippen molar-refractivity contribution in [3.05, 3.63) is 48.5 Å². The van der Waals surface area contributed by atoms with Crippen molar-refractivity contribution < 1.29 is 14.1 Å². The first kappa shape index (κ1) is 11.3. The molecule has 0 amide bonds. The van der Waals surface area contributed by atoms with Crippen LogP contribution in [0.2, 0.25) is 0 Å². The molecule has 1 atom stereocenters. The Labute approximate surface area is 104 Å². The monoisotopic (exact) mass is 261 g/mol. The van der Waals surface area contributed by atoms with E-state index in [1.54, 1.807) is 0 Å². The lowest BCUT2D eigenvalue weighted by atomic mass is 10.2. The van der Waals surface area contributed by atoms with Crippen LogP contribution in [0.15, 0.2) is 48.5 Å². The van der Waals surface area contributed by atoms with E-state index in [0.717, 1.165) is 21.8 Å². The first-order chi connectivity index (χ1) is 8.56. The molecule has 1 heterocycles. The lowest BCUT2D eigenvalue weighted by molar-refractivity contribution is 0.256. The fourth-order valence-corrected chi connectivity index (χ4v) is 2.61. The van der Waals surface area contributed by atoms with Crippen LogP contribution in [0.4, 0.5) is 0 Å². The quantitative estimate of drug-likeness (QED) is 0.721. The predicted molar refractivity (Wildman–Crippen MR) is 71.8 cm³/mol. The molecule has 0 radical (unpaired) electrons. The van der Waals surface area contributed by atoms with Crippen LogP contribution in [0.1, 0.15) is 0 Å². The van der Waals surface area contributed by atoms with Gasteiger partial charge in [-0.3, -0.25) is 0 Å². The standard InChI is InChI=1S/C13H12NO3P/c1-18(15,16)17-14-12-8-4-2-6-10(12)11-7-3-5-9-13(11)14/h2-9H,1H3,(H,15,16). The molecule has 1 N–H and O–H groups in total. The zero-order chi connectivity index (χ0) is 12.8. The van der Waals surface area contributed by atoms with Gasteiger partial charge in [0, 0.05) is 10.8 Å². The van der Waals surface area contributed by atoms with E-state index in [-0.39, 0.29) is 0 Å². The maximum absolute atomic E-state index is 11.5. The largest absolute Gasteiger partial charge is 0.392 e. The van der Waals surface area contributed by atoms with E-state index in [0.29, 0.717) is 0 Å². The Kier molecular flexibility index (Phi) is 2.44. The van der Waals surface area contributed by atoms with Crippen molar-refractivity contribution in [3.63, 3.8) is 0 Å². The Hall–Kier alpha value is -1.77. The SMILES string of the molecule is CP(=O)(O)On1c2ccccc2c2ccccc21. The number of aromatic nitrogens is 1. The van der Waals surface area contributed by atoms with Gasteiger partial charge in [-0.1, -0.05) is 36.4 Å². The van der Waals surface area contributed by atoms with Crippen LogP contribution < -0.4 is 4.62 Å². The zero-order valence-corrected chi connectivity index (χ0v) is 10.7. The molecule has 2 aromatic carbocycles. The molecule has 0 aliphatic heterocycles. The first-order valence-corrected chi connectivity index (χ1v) is 7.57. The fourth-order valence-electron chi connectivity index (χ4n) is 2.13. The molecule has 0 saturated heterocycles. The van der Waals surface area contributed by atoms with Gasteiger partial charge < -0.3 is 9.52 Å². The summed E-state index contributed by atoms with van der Waals surface area (Å²) in [6, 6.07) is 15.3. The molecule has 3 rings (SSSR count). The Balaban J connectivity index is 2.42. The van der Waals surface area contributed by atoms with Crippen LogP contribution in [-0.4, -0.2) is 16.3 Å². The molecular formula is C13H12NO3P. The second-order valence-corrected chi connectivity index (χ2v) is 5.98. The highest BCUT2D eigenvalue weighted by molar-refractivity contribution is 7.52. The van der Waals surface area contributed by atoms with Crippen molar-refractivity contribution in [3.8, 4) is 0 Å². The van der Waals surface area contributed by atoms with Gasteiger partial charge in [0.05, 0.1) is 17.7 Å². The topological polar surface area (TPSA) is 51.5 Å². The molecule has 5 heteroatoms. The van der Waals surface area contributed by atoms with Crippen LogP contribution in [0, 0.1) is 0 Å². The van der Waals surface area contributed by atoms with Gasteiger partial charge in [0.1, 0.15) is 0 Å². The molecule has 0 aliphatic rings. The molecule has 0 spiro atoms. The van der Waals surface area contributed by atoms with Crippen LogP contribution in [0.25, 0.3) is 21.8 Å². The van der Waals surface area contributed by atoms with E-state index in [1.165, 1.54) is 11.4 Å². The smallest absolute Gasteiger partial charge is 0.332 e. The van der Waals surface area contributed by atoms with E-state index in [4.69, 9.17) is 4.62 Å². The molecular weight excluding hydrogens is 249 g/mol. The summed E-state index contributed by atoms with van der Waals surface area (Å²) in [6.07, 6.45) is 0. The maximum Gasteiger partial charge on any atom is 0.392 e. The lowest BCUT2D eigenvalue weighted by Crippen LogP contribution is -2.07. The number of benzene rings is 2. The molecule has 1 unspecified atom stereocenters. The normalized spacial score (nSPS) is 14.8. The Morgan fingerprint density at radius 1 is 1.00 bits per heavy atom. The highest BCUT2D eigenvalue weighted by Crippen LogP contribution is 2.36. The van der Waals surface area contributed by atoms with Gasteiger partial charge in [0.25, 0.3) is 0 Å². The van der Waals surface area contributed by atoms with Gasteiger partial charge in [-0.2, -0.15) is 4.73 Å². The van der Waals surface area contributed by atoms with Crippen LogP contribution in [0.5, 0.6) is 0 Å². The highest BCUT2D eigenvalue weighted by atomic mass is 31.2. The van der Waals surface area contributed by atoms with E-state index in [9.17, 15) is 9.46 Å². The van der Waals surface area contributed by atoms with Crippen LogP contribution in [-0.2, 0) is 4.57 Å². The van der Waals surface area contributed by atoms with Crippen molar-refractivity contribution in [2.24, 2.45) is 0 Å². The van der Waals surface area contributed by atoms with Crippen LogP contribution in [0.3, 0.4) is 0 Å². The summed E-state index contributed by atoms with van der Waals surface area (Å²) >= 11 is 0. The predicted octanol–water partition coefficient (Wildman–Crippen LogP) is 3.04. The van der Waals surface area contributed by atoms with E-state index in [2.05, 4.69) is 0 Å². The minimum absolute atomic E-state index is 0.787. The molecule has 0 saturated carbocycles. The van der Waals surface area contributed by atoms with Gasteiger partial charge in [0.15, 0.2) is 0 Å². The van der Waals surface area contributed by atoms with Gasteiger partial charge in [-0.15, -0.1) is 0 Å². The third-order valence-corrected chi connectivity index (χ3v) is 3.24. The number of para-hydroxylation sites is 2. The minimum atomic E-state index is -3.60. The van der Waals surface area contributed by atoms with Crippen molar-refractivity contribution >= 4 is 29.4 Å². The van der Waals surface area contributed by atoms with E-state index < -0.39 is 7.60 Å². The Bertz CT molecular complexity index is 719. The molecule has 18 heavy (non-hydrogen) atoms. The number of fused-ring (bicyclic) bond motifs is 3. The average Bonchev–Trinajstić information content (AvgIpc) is 2.64. The summed E-state index contributed by atoms with van der Waals surface area (Å²) in [5.41, 5.74) is 1.57. The third-order valence-electron chi connectivity index (χ3n) is 2.77. The maximum atomic E-state index is 11.5. The van der Waals surface area contributed by atoms with Crippen molar-refractivity contribution in [2.45, 2.75) is 0 Å². The van der Waals surface area contributed by atoms with Crippen molar-refractivity contribution in [1.82, 2.24) is 4.73 Å². The minimum Gasteiger partial charge on any atom is -0.332 e. The van der Waals surface area contributed by atoms with Gasteiger partial charge >= 0.3 is 7.60 Å². The molecule has 0 bridgehead atoms. The number of hydrogen-bond acceptors (Lipinski definition) is 2. The molecule has 4 nitrogen and oxygen atoms in total. The second kappa shape index (κ2) is 3.87. The molecule has 0 aliphatic carbocycles. The first-order valence-electron chi connectivity index (χ1n) is 5.55. The van der Waals surface area contributed by atoms with Gasteiger partial charge in [0.2, 0.25) is 0 Å². The molecule has 1 aromatic heterocycles. The zero-order valence-electron chi connectivity index (χ0n) is 9.78. The molecule has 3 aromatic rings. The van der Waals surface area contributed by atoms with Crippen molar-refractivity contribution in [1.29, 1.82) is 0 Å². The highest BCUT2D eigenvalue weighted by Gasteiger charge is 2.17. The Morgan fingerprint density at radius 2 is 1.44 bits per heavy atom. The Morgan fingerprint density at radius 3 is 1.89 bits per heavy atom. The second-order valence-electron chi connectivity index (χ2n) is 4.21. The lowest BCUT2D eigenvalue weighted by Gasteiger charge is -2.11. The van der Waals surface area contributed by atoms with Crippen LogP contribution >= 0.6 is 7.60 Å². The fraction of sp³-hybridized carbons (Fsp3) is 0.0769. The summed E-state index contributed by atoms with van der Waals surface area (Å²) in [4.78, 5) is 9.42. The number of nitrogens with zero attached hydrogens (tertiary/aromatic N) is 1. The summed E-state index contributed by atoms with van der Waals surface area (Å²) < 4.78 is 18.1. The average molecular weight is 261 g/mol. The van der Waals surface area contributed by atoms with Gasteiger partial charge in [-0.05, 0) is 12.1 Å². The number of rotatable bonds is 2. The third kappa shape index (κ3) is 1.80. The van der Waals surface area contributed by atoms with Gasteiger partial charge in [-0.25, -0.2) is 4.57 Å². The summed E-state index contributed by atoms with van der Waals surface area (Å²) in [5.74, 6) is 0. The summed E-state index contributed by atoms with van der Waals surface area (Å²) in [5, 5.41) is 2.00. The summed E-state index contributed by atoms with van der Waals surface area (Å²) in [6.45, 7) is 1.18. The number of hydrogen-bond donors (Lipinski definition) is 1. The van der Waals surface area contributed by atoms with E-state index in [1.807, 2.05) is 48.5 Å². The van der Waals surface area contributed by atoms with E-state index >= 15 is 0 Å². The van der Waals surface area contributed by atoms with Crippen molar-refractivity contribution in [2.75, 3.05) is 6.66 Å². The molecule has 0 fully saturated rings.